The summed E-state index contributed by atoms with van der Waals surface area (Å²) in [5, 5.41) is 8.73. The number of ether oxygens (including phenoxy) is 1. The molecule has 1 aliphatic heterocycles. The van der Waals surface area contributed by atoms with Crippen molar-refractivity contribution < 1.29 is 9.53 Å². The predicted octanol–water partition coefficient (Wildman–Crippen LogP) is 2.86. The van der Waals surface area contributed by atoms with Crippen LogP contribution in [0.15, 0.2) is 29.6 Å². The Morgan fingerprint density at radius 1 is 1.43 bits per heavy atom. The lowest BCUT2D eigenvalue weighted by Gasteiger charge is -2.22. The van der Waals surface area contributed by atoms with Crippen molar-refractivity contribution in [3.63, 3.8) is 0 Å². The Balaban J connectivity index is 0.00000192. The average molecular weight is 354 g/mol. The van der Waals surface area contributed by atoms with Gasteiger partial charge in [-0.05, 0) is 6.92 Å². The van der Waals surface area contributed by atoms with Crippen LogP contribution in [-0.2, 0) is 9.53 Å². The zero-order valence-electron chi connectivity index (χ0n) is 12.9. The summed E-state index contributed by atoms with van der Waals surface area (Å²) in [6.45, 7) is 4.15. The number of hydrogen-bond acceptors (Lipinski definition) is 5. The largest absolute Gasteiger partial charge is 0.378 e. The number of nitrogens with one attached hydrogen (secondary N) is 2. The van der Waals surface area contributed by atoms with Gasteiger partial charge in [-0.1, -0.05) is 29.8 Å². The number of halogens is 1. The number of carbonyl (C=O) groups is 1. The topological polar surface area (TPSA) is 63.2 Å². The highest BCUT2D eigenvalue weighted by atomic mass is 35.5. The van der Waals surface area contributed by atoms with E-state index in [1.165, 1.54) is 16.9 Å². The highest BCUT2D eigenvalue weighted by Gasteiger charge is 2.17. The van der Waals surface area contributed by atoms with Crippen molar-refractivity contribution >= 4 is 34.8 Å². The highest BCUT2D eigenvalue weighted by Crippen LogP contribution is 2.25. The van der Waals surface area contributed by atoms with Crippen LogP contribution in [0.1, 0.15) is 12.0 Å². The minimum Gasteiger partial charge on any atom is -0.378 e. The molecule has 0 saturated carbocycles. The van der Waals surface area contributed by atoms with Gasteiger partial charge in [0.2, 0.25) is 5.91 Å². The Labute approximate surface area is 145 Å². The minimum absolute atomic E-state index is 0. The van der Waals surface area contributed by atoms with E-state index in [1.807, 2.05) is 17.5 Å². The van der Waals surface area contributed by atoms with Crippen molar-refractivity contribution in [2.75, 3.05) is 25.1 Å². The van der Waals surface area contributed by atoms with E-state index in [9.17, 15) is 4.79 Å². The van der Waals surface area contributed by atoms with Gasteiger partial charge in [-0.25, -0.2) is 4.98 Å². The number of aryl methyl sites for hydroxylation is 1. The number of nitrogens with zero attached hydrogens (tertiary/aromatic N) is 1. The predicted molar refractivity (Wildman–Crippen MR) is 95.4 cm³/mol. The molecule has 1 saturated heterocycles. The maximum absolute atomic E-state index is 12.0. The van der Waals surface area contributed by atoms with Crippen LogP contribution in [0.2, 0.25) is 0 Å². The molecule has 0 bridgehead atoms. The van der Waals surface area contributed by atoms with Crippen LogP contribution in [0.5, 0.6) is 0 Å². The molecule has 1 unspecified atom stereocenters. The normalized spacial score (nSPS) is 17.3. The minimum atomic E-state index is -0.0344. The Morgan fingerprint density at radius 3 is 2.91 bits per heavy atom. The van der Waals surface area contributed by atoms with Crippen molar-refractivity contribution in [2.45, 2.75) is 19.4 Å². The molecule has 2 N–H and O–H groups in total. The monoisotopic (exact) mass is 353 g/mol. The van der Waals surface area contributed by atoms with E-state index in [1.54, 1.807) is 0 Å². The third-order valence-electron chi connectivity index (χ3n) is 3.53. The number of amides is 1. The van der Waals surface area contributed by atoms with Gasteiger partial charge in [-0.15, -0.1) is 23.7 Å². The molecule has 1 aromatic heterocycles. The summed E-state index contributed by atoms with van der Waals surface area (Å²) >= 11 is 1.44. The Morgan fingerprint density at radius 2 is 2.22 bits per heavy atom. The molecule has 0 aliphatic carbocycles. The second kappa shape index (κ2) is 8.40. The molecule has 23 heavy (non-hydrogen) atoms. The first-order chi connectivity index (χ1) is 10.7. The Hall–Kier alpha value is -1.47. The van der Waals surface area contributed by atoms with Crippen molar-refractivity contribution in [1.29, 1.82) is 0 Å². The molecule has 124 valence electrons. The third-order valence-corrected chi connectivity index (χ3v) is 4.29. The molecular weight excluding hydrogens is 334 g/mol. The van der Waals surface area contributed by atoms with Gasteiger partial charge in [0.15, 0.2) is 5.13 Å². The second-order valence-electron chi connectivity index (χ2n) is 5.38. The molecule has 5 nitrogen and oxygen atoms in total. The standard InChI is InChI=1S/C16H19N3O2S.ClH/c1-11-2-4-12(5-3-11)14-10-22-16(18-14)19-15(20)8-13-9-21-7-6-17-13;/h2-5,10,13,17H,6-9H2,1H3,(H,18,19,20);1H. The average Bonchev–Trinajstić information content (AvgIpc) is 2.97. The zero-order chi connectivity index (χ0) is 15.4. The van der Waals surface area contributed by atoms with Gasteiger partial charge in [0.25, 0.3) is 0 Å². The Kier molecular flexibility index (Phi) is 6.53. The van der Waals surface area contributed by atoms with Crippen LogP contribution >= 0.6 is 23.7 Å². The summed E-state index contributed by atoms with van der Waals surface area (Å²) in [6.07, 6.45) is 0.402. The van der Waals surface area contributed by atoms with Gasteiger partial charge in [-0.3, -0.25) is 4.79 Å². The zero-order valence-corrected chi connectivity index (χ0v) is 14.5. The van der Waals surface area contributed by atoms with Crippen LogP contribution in [0.4, 0.5) is 5.13 Å². The van der Waals surface area contributed by atoms with Crippen LogP contribution in [0.3, 0.4) is 0 Å². The molecule has 1 aromatic carbocycles. The van der Waals surface area contributed by atoms with Crippen molar-refractivity contribution in [2.24, 2.45) is 0 Å². The fourth-order valence-electron chi connectivity index (χ4n) is 2.33. The lowest BCUT2D eigenvalue weighted by molar-refractivity contribution is -0.117. The van der Waals surface area contributed by atoms with Crippen molar-refractivity contribution in [3.8, 4) is 11.3 Å². The maximum atomic E-state index is 12.0. The third kappa shape index (κ3) is 5.00. The smallest absolute Gasteiger partial charge is 0.227 e. The van der Waals surface area contributed by atoms with E-state index in [0.717, 1.165) is 17.8 Å². The van der Waals surface area contributed by atoms with E-state index < -0.39 is 0 Å². The quantitative estimate of drug-likeness (QED) is 0.887. The number of morpholine rings is 1. The highest BCUT2D eigenvalue weighted by molar-refractivity contribution is 7.14. The molecule has 2 heterocycles. The van der Waals surface area contributed by atoms with Crippen LogP contribution in [-0.4, -0.2) is 36.7 Å². The lowest BCUT2D eigenvalue weighted by atomic mass is 10.1. The summed E-state index contributed by atoms with van der Waals surface area (Å²) in [5.41, 5.74) is 3.17. The number of benzene rings is 1. The SMILES string of the molecule is Cc1ccc(-c2csc(NC(=O)CC3COCCN3)n2)cc1.Cl. The summed E-state index contributed by atoms with van der Waals surface area (Å²) in [4.78, 5) is 16.5. The maximum Gasteiger partial charge on any atom is 0.227 e. The number of thiazole rings is 1. The molecule has 0 spiro atoms. The molecule has 7 heteroatoms. The molecule has 1 fully saturated rings. The van der Waals surface area contributed by atoms with Gasteiger partial charge in [0, 0.05) is 30.0 Å². The van der Waals surface area contributed by atoms with E-state index in [-0.39, 0.29) is 24.4 Å². The summed E-state index contributed by atoms with van der Waals surface area (Å²) in [7, 11) is 0. The number of carbonyl (C=O) groups excluding carboxylic acids is 1. The molecular formula is C16H20ClN3O2S. The number of rotatable bonds is 4. The molecule has 0 radical (unpaired) electrons. The second-order valence-corrected chi connectivity index (χ2v) is 6.24. The summed E-state index contributed by atoms with van der Waals surface area (Å²) in [6, 6.07) is 8.28. The molecule has 1 atom stereocenters. The number of hydrogen-bond donors (Lipinski definition) is 2. The van der Waals surface area contributed by atoms with E-state index in [0.29, 0.717) is 24.8 Å². The molecule has 1 amide bonds. The van der Waals surface area contributed by atoms with E-state index >= 15 is 0 Å². The van der Waals surface area contributed by atoms with Crippen molar-refractivity contribution in [3.05, 3.63) is 35.2 Å². The van der Waals surface area contributed by atoms with Crippen LogP contribution in [0.25, 0.3) is 11.3 Å². The molecule has 2 aromatic rings. The molecule has 3 rings (SSSR count). The fourth-order valence-corrected chi connectivity index (χ4v) is 3.07. The fraction of sp³-hybridized carbons (Fsp3) is 0.375. The van der Waals surface area contributed by atoms with Gasteiger partial charge in [0.05, 0.1) is 18.9 Å². The molecule has 1 aliphatic rings. The number of aromatic nitrogens is 1. The first-order valence-corrected chi connectivity index (χ1v) is 8.22. The van der Waals surface area contributed by atoms with Crippen molar-refractivity contribution in [1.82, 2.24) is 10.3 Å². The first-order valence-electron chi connectivity index (χ1n) is 7.34. The number of anilines is 1. The van der Waals surface area contributed by atoms with Crippen LogP contribution < -0.4 is 10.6 Å². The summed E-state index contributed by atoms with van der Waals surface area (Å²) < 4.78 is 5.35. The van der Waals surface area contributed by atoms with Gasteiger partial charge >= 0.3 is 0 Å². The van der Waals surface area contributed by atoms with Gasteiger partial charge in [0.1, 0.15) is 0 Å². The van der Waals surface area contributed by atoms with Gasteiger partial charge in [-0.2, -0.15) is 0 Å². The van der Waals surface area contributed by atoms with Crippen LogP contribution in [0, 0.1) is 6.92 Å². The lowest BCUT2D eigenvalue weighted by Crippen LogP contribution is -2.43. The summed E-state index contributed by atoms with van der Waals surface area (Å²) in [5.74, 6) is -0.0344. The Bertz CT molecular complexity index is 639. The van der Waals surface area contributed by atoms with E-state index in [2.05, 4.69) is 34.7 Å². The van der Waals surface area contributed by atoms with Gasteiger partial charge < -0.3 is 15.4 Å². The first kappa shape index (κ1) is 17.9. The van der Waals surface area contributed by atoms with E-state index in [4.69, 9.17) is 4.74 Å².